The Morgan fingerprint density at radius 2 is 1.70 bits per heavy atom. The molecule has 10 heavy (non-hydrogen) atoms. The molecule has 62 valence electrons. The van der Waals surface area contributed by atoms with Gasteiger partial charge in [0.2, 0.25) is 0 Å². The zero-order chi connectivity index (χ0) is 8.04. The minimum atomic E-state index is -2.96. The van der Waals surface area contributed by atoms with Gasteiger partial charge in [-0.2, -0.15) is 0 Å². The van der Waals surface area contributed by atoms with Gasteiger partial charge < -0.3 is 0 Å². The van der Waals surface area contributed by atoms with E-state index in [0.29, 0.717) is 0 Å². The lowest BCUT2D eigenvalue weighted by Gasteiger charge is -2.12. The molecule has 0 aliphatic carbocycles. The van der Waals surface area contributed by atoms with Crippen LogP contribution in [0.1, 0.15) is 6.92 Å². The van der Waals surface area contributed by atoms with Gasteiger partial charge in [-0.1, -0.05) is 30.1 Å². The van der Waals surface area contributed by atoms with Gasteiger partial charge in [-0.25, -0.2) is 0 Å². The third-order valence-electron chi connectivity index (χ3n) is 0.878. The second kappa shape index (κ2) is 5.39. The monoisotopic (exact) mass is 206 g/mol. The number of halogens is 2. The minimum absolute atomic E-state index is 0.137. The van der Waals surface area contributed by atoms with Crippen LogP contribution in [0.2, 0.25) is 0 Å². The van der Waals surface area contributed by atoms with Crippen molar-refractivity contribution in [2.45, 2.75) is 6.92 Å². The van der Waals surface area contributed by atoms with Gasteiger partial charge in [0.25, 0.3) is 0 Å². The molecule has 0 spiro atoms. The molecular weight excluding hydrogens is 198 g/mol. The standard InChI is InChI=1S/C4H9Cl2O3P/c1-2-10(7,8-3-5)9-4-6/h2-4H2,1H3. The highest BCUT2D eigenvalue weighted by molar-refractivity contribution is 7.53. The Morgan fingerprint density at radius 1 is 1.30 bits per heavy atom. The van der Waals surface area contributed by atoms with Crippen molar-refractivity contribution in [1.82, 2.24) is 0 Å². The number of rotatable bonds is 5. The lowest BCUT2D eigenvalue weighted by atomic mass is 11.0. The lowest BCUT2D eigenvalue weighted by molar-refractivity contribution is 0.257. The van der Waals surface area contributed by atoms with E-state index in [1.807, 2.05) is 0 Å². The fraction of sp³-hybridized carbons (Fsp3) is 1.00. The second-order valence-corrected chi connectivity index (χ2v) is 4.21. The summed E-state index contributed by atoms with van der Waals surface area (Å²) in [7, 11) is -2.96. The van der Waals surface area contributed by atoms with Gasteiger partial charge in [0.15, 0.2) is 0 Å². The number of hydrogen-bond acceptors (Lipinski definition) is 3. The van der Waals surface area contributed by atoms with Crippen molar-refractivity contribution in [3.63, 3.8) is 0 Å². The Bertz CT molecular complexity index is 120. The molecule has 0 saturated carbocycles. The fourth-order valence-corrected chi connectivity index (χ4v) is 2.00. The maximum atomic E-state index is 11.2. The molecule has 0 radical (unpaired) electrons. The summed E-state index contributed by atoms with van der Waals surface area (Å²) in [4.78, 5) is 0. The Balaban J connectivity index is 3.83. The van der Waals surface area contributed by atoms with Gasteiger partial charge in [0, 0.05) is 6.16 Å². The van der Waals surface area contributed by atoms with E-state index in [1.54, 1.807) is 6.92 Å². The van der Waals surface area contributed by atoms with E-state index in [1.165, 1.54) is 0 Å². The average molecular weight is 207 g/mol. The topological polar surface area (TPSA) is 35.5 Å². The molecule has 0 aromatic rings. The second-order valence-electron chi connectivity index (χ2n) is 1.40. The predicted molar refractivity (Wildman–Crippen MR) is 41.8 cm³/mol. The van der Waals surface area contributed by atoms with E-state index in [9.17, 15) is 4.57 Å². The van der Waals surface area contributed by atoms with Crippen LogP contribution in [0.3, 0.4) is 0 Å². The summed E-state index contributed by atoms with van der Waals surface area (Å²) in [6.07, 6.45) is 0.284. The predicted octanol–water partition coefficient (Wildman–Crippen LogP) is 2.63. The Morgan fingerprint density at radius 3 is 1.90 bits per heavy atom. The quantitative estimate of drug-likeness (QED) is 0.513. The first-order valence-electron chi connectivity index (χ1n) is 2.68. The maximum absolute atomic E-state index is 11.2. The molecule has 0 rings (SSSR count). The first-order valence-corrected chi connectivity index (χ1v) is 5.48. The van der Waals surface area contributed by atoms with Crippen LogP contribution in [-0.2, 0) is 13.6 Å². The van der Waals surface area contributed by atoms with Crippen LogP contribution in [0.15, 0.2) is 0 Å². The van der Waals surface area contributed by atoms with Crippen LogP contribution in [0.5, 0.6) is 0 Å². The van der Waals surface area contributed by atoms with Crippen LogP contribution in [0.4, 0.5) is 0 Å². The zero-order valence-corrected chi connectivity index (χ0v) is 7.96. The van der Waals surface area contributed by atoms with Crippen molar-refractivity contribution in [2.24, 2.45) is 0 Å². The molecule has 0 amide bonds. The highest BCUT2D eigenvalue weighted by Gasteiger charge is 2.20. The van der Waals surface area contributed by atoms with E-state index in [2.05, 4.69) is 9.05 Å². The summed E-state index contributed by atoms with van der Waals surface area (Å²) in [5.74, 6) is 0. The summed E-state index contributed by atoms with van der Waals surface area (Å²) in [5.41, 5.74) is 0. The van der Waals surface area contributed by atoms with Crippen molar-refractivity contribution >= 4 is 30.8 Å². The molecule has 0 atom stereocenters. The van der Waals surface area contributed by atoms with Crippen molar-refractivity contribution < 1.29 is 13.6 Å². The van der Waals surface area contributed by atoms with E-state index >= 15 is 0 Å². The molecule has 0 heterocycles. The summed E-state index contributed by atoms with van der Waals surface area (Å²) in [6.45, 7) is 1.68. The molecule has 3 nitrogen and oxygen atoms in total. The van der Waals surface area contributed by atoms with Crippen molar-refractivity contribution in [3.8, 4) is 0 Å². The van der Waals surface area contributed by atoms with Crippen LogP contribution in [0, 0.1) is 0 Å². The molecular formula is C4H9Cl2O3P. The van der Waals surface area contributed by atoms with Crippen LogP contribution >= 0.6 is 30.8 Å². The average Bonchev–Trinajstić information content (AvgIpc) is 1.89. The summed E-state index contributed by atoms with van der Waals surface area (Å²) < 4.78 is 20.4. The maximum Gasteiger partial charge on any atom is 0.332 e. The molecule has 0 fully saturated rings. The van der Waals surface area contributed by atoms with E-state index in [4.69, 9.17) is 23.2 Å². The van der Waals surface area contributed by atoms with Gasteiger partial charge in [-0.3, -0.25) is 13.6 Å². The fourth-order valence-electron chi connectivity index (χ4n) is 0.369. The first-order chi connectivity index (χ1) is 4.68. The van der Waals surface area contributed by atoms with Gasteiger partial charge in [0.1, 0.15) is 12.1 Å². The SMILES string of the molecule is CCP(=O)(OCCl)OCCl. The first kappa shape index (κ1) is 10.7. The molecule has 0 aliphatic heterocycles. The highest BCUT2D eigenvalue weighted by Crippen LogP contribution is 2.47. The third kappa shape index (κ3) is 3.79. The molecule has 0 aromatic carbocycles. The van der Waals surface area contributed by atoms with Crippen LogP contribution < -0.4 is 0 Å². The normalized spacial score (nSPS) is 11.9. The zero-order valence-electron chi connectivity index (χ0n) is 5.55. The summed E-state index contributed by atoms with van der Waals surface area (Å²) in [5, 5.41) is 0. The van der Waals surface area contributed by atoms with Gasteiger partial charge in [0.05, 0.1) is 0 Å². The molecule has 0 aromatic heterocycles. The van der Waals surface area contributed by atoms with E-state index in [0.717, 1.165) is 0 Å². The van der Waals surface area contributed by atoms with E-state index in [-0.39, 0.29) is 18.3 Å². The van der Waals surface area contributed by atoms with E-state index < -0.39 is 7.60 Å². The Hall–Kier alpha value is 0.730. The minimum Gasteiger partial charge on any atom is -0.292 e. The lowest BCUT2D eigenvalue weighted by Crippen LogP contribution is -1.95. The summed E-state index contributed by atoms with van der Waals surface area (Å²) >= 11 is 10.4. The highest BCUT2D eigenvalue weighted by atomic mass is 35.5. The molecule has 0 bridgehead atoms. The van der Waals surface area contributed by atoms with Crippen molar-refractivity contribution in [3.05, 3.63) is 0 Å². The molecule has 6 heteroatoms. The summed E-state index contributed by atoms with van der Waals surface area (Å²) in [6, 6.07) is -0.274. The molecule has 0 aliphatic rings. The Kier molecular flexibility index (Phi) is 5.78. The molecule has 0 unspecified atom stereocenters. The molecule has 0 saturated heterocycles. The van der Waals surface area contributed by atoms with Gasteiger partial charge >= 0.3 is 7.60 Å². The van der Waals surface area contributed by atoms with Gasteiger partial charge in [-0.15, -0.1) is 0 Å². The Labute approximate surface area is 70.1 Å². The van der Waals surface area contributed by atoms with Gasteiger partial charge in [-0.05, 0) is 0 Å². The van der Waals surface area contributed by atoms with Crippen LogP contribution in [0.25, 0.3) is 0 Å². The molecule has 0 N–H and O–H groups in total. The van der Waals surface area contributed by atoms with Crippen molar-refractivity contribution in [1.29, 1.82) is 0 Å². The number of hydrogen-bond donors (Lipinski definition) is 0. The smallest absolute Gasteiger partial charge is 0.292 e. The van der Waals surface area contributed by atoms with Crippen LogP contribution in [-0.4, -0.2) is 18.3 Å². The largest absolute Gasteiger partial charge is 0.332 e. The third-order valence-corrected chi connectivity index (χ3v) is 3.22. The van der Waals surface area contributed by atoms with Crippen molar-refractivity contribution in [2.75, 3.05) is 18.3 Å². The number of alkyl halides is 2.